The van der Waals surface area contributed by atoms with Crippen LogP contribution in [0.5, 0.6) is 0 Å². The van der Waals surface area contributed by atoms with Gasteiger partial charge in [0.1, 0.15) is 0 Å². The maximum atomic E-state index is 11.2. The Bertz CT molecular complexity index is 488. The molecule has 0 aliphatic rings. The number of hydrogen-bond donors (Lipinski definition) is 1. The second-order valence-electron chi connectivity index (χ2n) is 3.21. The first-order chi connectivity index (χ1) is 7.95. The average molecular weight is 235 g/mol. The van der Waals surface area contributed by atoms with E-state index in [-0.39, 0.29) is 5.56 Å². The van der Waals surface area contributed by atoms with E-state index in [1.54, 1.807) is 6.07 Å². The third-order valence-electron chi connectivity index (χ3n) is 2.03. The molecule has 1 rings (SSSR count). The van der Waals surface area contributed by atoms with Gasteiger partial charge >= 0.3 is 5.97 Å². The largest absolute Gasteiger partial charge is 0.477 e. The summed E-state index contributed by atoms with van der Waals surface area (Å²) in [5.74, 6) is -2.46. The van der Waals surface area contributed by atoms with Gasteiger partial charge in [-0.25, -0.2) is 4.79 Å². The van der Waals surface area contributed by atoms with Gasteiger partial charge in [-0.3, -0.25) is 14.9 Å². The molecule has 88 valence electrons. The highest BCUT2D eigenvalue weighted by molar-refractivity contribution is 6.20. The van der Waals surface area contributed by atoms with Crippen molar-refractivity contribution in [3.05, 3.63) is 51.6 Å². The molecule has 0 amide bonds. The van der Waals surface area contributed by atoms with Crippen molar-refractivity contribution in [3.8, 4) is 0 Å². The molecular weight excluding hydrogens is 226 g/mol. The van der Waals surface area contributed by atoms with E-state index >= 15 is 0 Å². The van der Waals surface area contributed by atoms with E-state index in [0.717, 1.165) is 6.92 Å². The number of carbonyl (C=O) groups excluding carboxylic acids is 1. The molecule has 0 fully saturated rings. The molecule has 0 unspecified atom stereocenters. The van der Waals surface area contributed by atoms with Crippen molar-refractivity contribution < 1.29 is 19.6 Å². The van der Waals surface area contributed by atoms with Crippen LogP contribution in [0, 0.1) is 10.1 Å². The van der Waals surface area contributed by atoms with E-state index in [2.05, 4.69) is 0 Å². The zero-order valence-electron chi connectivity index (χ0n) is 8.91. The zero-order chi connectivity index (χ0) is 13.0. The number of carbonyl (C=O) groups is 2. The van der Waals surface area contributed by atoms with Crippen LogP contribution in [0.1, 0.15) is 12.5 Å². The fraction of sp³-hybridized carbons (Fsp3) is 0.0909. The van der Waals surface area contributed by atoms with Gasteiger partial charge in [0.15, 0.2) is 11.4 Å². The third kappa shape index (κ3) is 2.75. The predicted octanol–water partition coefficient (Wildman–Crippen LogP) is 1.35. The summed E-state index contributed by atoms with van der Waals surface area (Å²) in [6.45, 7) is 0.982. The maximum Gasteiger partial charge on any atom is 0.346 e. The SMILES string of the molecule is CC(=O)C(C(=O)O)=C(c1ccccc1)[N+](=O)[O-]. The summed E-state index contributed by atoms with van der Waals surface area (Å²) in [5, 5.41) is 19.7. The number of rotatable bonds is 4. The summed E-state index contributed by atoms with van der Waals surface area (Å²) in [6.07, 6.45) is 0. The van der Waals surface area contributed by atoms with Crippen LogP contribution in [0.15, 0.2) is 35.9 Å². The van der Waals surface area contributed by atoms with E-state index in [4.69, 9.17) is 5.11 Å². The molecule has 0 saturated carbocycles. The number of aliphatic carboxylic acids is 1. The Hall–Kier alpha value is -2.50. The van der Waals surface area contributed by atoms with Crippen molar-refractivity contribution in [1.29, 1.82) is 0 Å². The molecule has 0 saturated heterocycles. The van der Waals surface area contributed by atoms with Gasteiger partial charge < -0.3 is 5.11 Å². The van der Waals surface area contributed by atoms with Crippen molar-refractivity contribution in [2.75, 3.05) is 0 Å². The van der Waals surface area contributed by atoms with Crippen LogP contribution in [-0.4, -0.2) is 21.8 Å². The number of carboxylic acids is 1. The number of ketones is 1. The number of carboxylic acid groups (broad SMARTS) is 1. The second-order valence-corrected chi connectivity index (χ2v) is 3.21. The minimum absolute atomic E-state index is 0.0881. The number of Topliss-reactive ketones (excluding diaryl/α,β-unsaturated/α-hetero) is 1. The topological polar surface area (TPSA) is 97.5 Å². The van der Waals surface area contributed by atoms with Gasteiger partial charge in [-0.05, 0) is 19.1 Å². The summed E-state index contributed by atoms with van der Waals surface area (Å²) in [6, 6.07) is 7.44. The number of benzene rings is 1. The molecule has 17 heavy (non-hydrogen) atoms. The maximum absolute atomic E-state index is 11.2. The van der Waals surface area contributed by atoms with Crippen molar-refractivity contribution in [3.63, 3.8) is 0 Å². The Balaban J connectivity index is 3.55. The zero-order valence-corrected chi connectivity index (χ0v) is 8.91. The highest BCUT2D eigenvalue weighted by atomic mass is 16.6. The molecule has 0 atom stereocenters. The first-order valence-corrected chi connectivity index (χ1v) is 4.63. The van der Waals surface area contributed by atoms with Gasteiger partial charge in [0.25, 0.3) is 5.70 Å². The second kappa shape index (κ2) is 5.02. The monoisotopic (exact) mass is 235 g/mol. The highest BCUT2D eigenvalue weighted by Gasteiger charge is 2.29. The number of hydrogen-bond acceptors (Lipinski definition) is 4. The van der Waals surface area contributed by atoms with Gasteiger partial charge in [0.05, 0.1) is 10.5 Å². The minimum atomic E-state index is -1.60. The van der Waals surface area contributed by atoms with Crippen LogP contribution in [0.2, 0.25) is 0 Å². The Kier molecular flexibility index (Phi) is 3.71. The predicted molar refractivity (Wildman–Crippen MR) is 58.7 cm³/mol. The molecule has 1 aromatic rings. The summed E-state index contributed by atoms with van der Waals surface area (Å²) in [4.78, 5) is 32.1. The van der Waals surface area contributed by atoms with Crippen molar-refractivity contribution in [1.82, 2.24) is 0 Å². The average Bonchev–Trinajstić information content (AvgIpc) is 2.25. The molecule has 0 radical (unpaired) electrons. The van der Waals surface area contributed by atoms with Gasteiger partial charge in [-0.2, -0.15) is 0 Å². The van der Waals surface area contributed by atoms with Gasteiger partial charge in [0, 0.05) is 0 Å². The Morgan fingerprint density at radius 3 is 2.12 bits per heavy atom. The quantitative estimate of drug-likeness (QED) is 0.279. The molecule has 0 spiro atoms. The van der Waals surface area contributed by atoms with Crippen molar-refractivity contribution in [2.45, 2.75) is 6.92 Å². The lowest BCUT2D eigenvalue weighted by molar-refractivity contribution is -0.376. The first-order valence-electron chi connectivity index (χ1n) is 4.63. The lowest BCUT2D eigenvalue weighted by Crippen LogP contribution is -2.15. The van der Waals surface area contributed by atoms with E-state index in [0.29, 0.717) is 0 Å². The molecule has 0 aromatic heterocycles. The van der Waals surface area contributed by atoms with E-state index in [1.165, 1.54) is 24.3 Å². The molecule has 6 heteroatoms. The minimum Gasteiger partial charge on any atom is -0.477 e. The first kappa shape index (κ1) is 12.6. The normalized spacial score (nSPS) is 11.6. The Labute approximate surface area is 96.3 Å². The fourth-order valence-corrected chi connectivity index (χ4v) is 1.36. The smallest absolute Gasteiger partial charge is 0.346 e. The molecule has 1 N–H and O–H groups in total. The third-order valence-corrected chi connectivity index (χ3v) is 2.03. The van der Waals surface area contributed by atoms with Crippen LogP contribution in [0.3, 0.4) is 0 Å². The summed E-state index contributed by atoms with van der Waals surface area (Å²) >= 11 is 0. The van der Waals surface area contributed by atoms with Crippen LogP contribution in [0.4, 0.5) is 0 Å². The standard InChI is InChI=1S/C11H9NO5/c1-7(13)9(11(14)15)10(12(16)17)8-5-3-2-4-6-8/h2-6H,1H3,(H,14,15). The lowest BCUT2D eigenvalue weighted by Gasteiger charge is -2.02. The summed E-state index contributed by atoms with van der Waals surface area (Å²) in [7, 11) is 0. The van der Waals surface area contributed by atoms with Crippen LogP contribution < -0.4 is 0 Å². The van der Waals surface area contributed by atoms with E-state index in [9.17, 15) is 19.7 Å². The van der Waals surface area contributed by atoms with Crippen LogP contribution in [-0.2, 0) is 9.59 Å². The van der Waals surface area contributed by atoms with Gasteiger partial charge in [-0.1, -0.05) is 18.2 Å². The molecule has 0 aliphatic heterocycles. The van der Waals surface area contributed by atoms with Crippen molar-refractivity contribution >= 4 is 17.4 Å². The van der Waals surface area contributed by atoms with Gasteiger partial charge in [0.2, 0.25) is 0 Å². The molecule has 0 heterocycles. The molecule has 0 aliphatic carbocycles. The molecule has 6 nitrogen and oxygen atoms in total. The lowest BCUT2D eigenvalue weighted by atomic mass is 10.0. The van der Waals surface area contributed by atoms with E-state index in [1.807, 2.05) is 0 Å². The van der Waals surface area contributed by atoms with Crippen molar-refractivity contribution in [2.24, 2.45) is 0 Å². The summed E-state index contributed by atoms with van der Waals surface area (Å²) in [5.41, 5.74) is -1.42. The molecule has 1 aromatic carbocycles. The van der Waals surface area contributed by atoms with Gasteiger partial charge in [-0.15, -0.1) is 0 Å². The number of nitro groups is 1. The van der Waals surface area contributed by atoms with Crippen LogP contribution >= 0.6 is 0 Å². The fourth-order valence-electron chi connectivity index (χ4n) is 1.36. The Morgan fingerprint density at radius 2 is 1.76 bits per heavy atom. The Morgan fingerprint density at radius 1 is 1.24 bits per heavy atom. The highest BCUT2D eigenvalue weighted by Crippen LogP contribution is 2.20. The molecule has 0 bridgehead atoms. The number of nitrogens with zero attached hydrogens (tertiary/aromatic N) is 1. The molecular formula is C11H9NO5. The summed E-state index contributed by atoms with van der Waals surface area (Å²) < 4.78 is 0. The van der Waals surface area contributed by atoms with Crippen LogP contribution in [0.25, 0.3) is 5.70 Å². The van der Waals surface area contributed by atoms with E-state index < -0.39 is 27.9 Å².